The van der Waals surface area contributed by atoms with Crippen LogP contribution >= 0.6 is 0 Å². The van der Waals surface area contributed by atoms with Crippen molar-refractivity contribution in [2.24, 2.45) is 0 Å². The van der Waals surface area contributed by atoms with Crippen molar-refractivity contribution in [3.8, 4) is 5.75 Å². The van der Waals surface area contributed by atoms with Crippen molar-refractivity contribution in [1.29, 1.82) is 0 Å². The number of nitrogens with zero attached hydrogens (tertiary/aromatic N) is 1. The normalized spacial score (nSPS) is 18.5. The lowest BCUT2D eigenvalue weighted by Crippen LogP contribution is -2.69. The minimum atomic E-state index is -5.27. The highest BCUT2D eigenvalue weighted by Crippen LogP contribution is 2.34. The zero-order chi connectivity index (χ0) is 23.8. The Balaban J connectivity index is 1.58. The van der Waals surface area contributed by atoms with Crippen LogP contribution in [0.25, 0.3) is 10.9 Å². The van der Waals surface area contributed by atoms with Crippen LogP contribution in [-0.2, 0) is 11.2 Å². The van der Waals surface area contributed by atoms with Crippen molar-refractivity contribution in [2.75, 3.05) is 13.7 Å². The molecule has 33 heavy (non-hydrogen) atoms. The van der Waals surface area contributed by atoms with Crippen LogP contribution in [0, 0.1) is 0 Å². The number of urea groups is 1. The van der Waals surface area contributed by atoms with Crippen LogP contribution in [0.3, 0.4) is 0 Å². The summed E-state index contributed by atoms with van der Waals surface area (Å²) in [5, 5.41) is 4.08. The summed E-state index contributed by atoms with van der Waals surface area (Å²) in [7, 11) is 1.50. The van der Waals surface area contributed by atoms with Crippen molar-refractivity contribution < 1.29 is 32.3 Å². The molecule has 0 aliphatic carbocycles. The molecule has 1 fully saturated rings. The van der Waals surface area contributed by atoms with E-state index in [4.69, 9.17) is 4.74 Å². The number of benzene rings is 2. The Bertz CT molecular complexity index is 1230. The largest absolute Gasteiger partial charge is 0.497 e. The first-order valence-electron chi connectivity index (χ1n) is 9.88. The summed E-state index contributed by atoms with van der Waals surface area (Å²) < 4.78 is 47.2. The number of amides is 4. The van der Waals surface area contributed by atoms with Crippen molar-refractivity contribution in [3.05, 3.63) is 65.9 Å². The average Bonchev–Trinajstić information content (AvgIpc) is 3.30. The summed E-state index contributed by atoms with van der Waals surface area (Å²) in [5.74, 6) is -2.16. The highest BCUT2D eigenvalue weighted by Gasteiger charge is 2.68. The summed E-state index contributed by atoms with van der Waals surface area (Å²) in [6.45, 7) is -0.326. The molecule has 0 spiro atoms. The fraction of sp³-hybridized carbons (Fsp3) is 0.227. The van der Waals surface area contributed by atoms with Crippen LogP contribution in [-0.4, -0.2) is 53.2 Å². The van der Waals surface area contributed by atoms with Gasteiger partial charge in [0.1, 0.15) is 5.75 Å². The minimum Gasteiger partial charge on any atom is -0.497 e. The second-order valence-corrected chi connectivity index (χ2v) is 7.43. The molecule has 11 heteroatoms. The van der Waals surface area contributed by atoms with Gasteiger partial charge in [-0.3, -0.25) is 19.8 Å². The van der Waals surface area contributed by atoms with Crippen LogP contribution in [0.4, 0.5) is 18.0 Å². The smallest absolute Gasteiger partial charge is 0.440 e. The minimum absolute atomic E-state index is 0.0886. The lowest BCUT2D eigenvalue weighted by Gasteiger charge is -2.29. The highest BCUT2D eigenvalue weighted by atomic mass is 19.4. The molecule has 1 atom stereocenters. The first-order chi connectivity index (χ1) is 15.7. The van der Waals surface area contributed by atoms with Crippen LogP contribution < -0.4 is 15.4 Å². The van der Waals surface area contributed by atoms with E-state index in [1.807, 2.05) is 0 Å². The van der Waals surface area contributed by atoms with E-state index in [0.29, 0.717) is 16.2 Å². The molecular weight excluding hydrogens is 441 g/mol. The molecule has 4 rings (SSSR count). The number of hydrogen-bond donors (Lipinski definition) is 3. The fourth-order valence-electron chi connectivity index (χ4n) is 3.68. The number of halogens is 3. The number of carbonyl (C=O) groups is 3. The molecule has 2 aromatic carbocycles. The second kappa shape index (κ2) is 8.15. The number of aromatic nitrogens is 1. The maximum Gasteiger partial charge on any atom is 0.440 e. The van der Waals surface area contributed by atoms with Crippen LogP contribution in [0.1, 0.15) is 15.9 Å². The van der Waals surface area contributed by atoms with Crippen molar-refractivity contribution in [3.63, 3.8) is 0 Å². The molecule has 0 unspecified atom stereocenters. The molecule has 1 aliphatic heterocycles. The Morgan fingerprint density at radius 1 is 1.15 bits per heavy atom. The number of nitrogens with one attached hydrogen (secondary N) is 3. The zero-order valence-electron chi connectivity index (χ0n) is 17.3. The summed E-state index contributed by atoms with van der Waals surface area (Å²) in [6, 6.07) is 11.1. The van der Waals surface area contributed by atoms with Gasteiger partial charge in [-0.25, -0.2) is 4.79 Å². The van der Waals surface area contributed by atoms with Crippen LogP contribution in [0.2, 0.25) is 0 Å². The summed E-state index contributed by atoms with van der Waals surface area (Å²) in [5.41, 5.74) is -2.19. The molecule has 172 valence electrons. The van der Waals surface area contributed by atoms with Gasteiger partial charge in [0.15, 0.2) is 0 Å². The summed E-state index contributed by atoms with van der Waals surface area (Å²) >= 11 is 0. The maximum atomic E-state index is 14.0. The third-order valence-electron chi connectivity index (χ3n) is 5.45. The molecule has 4 amide bonds. The Morgan fingerprint density at radius 3 is 2.55 bits per heavy atom. The average molecular weight is 460 g/mol. The molecule has 1 aliphatic rings. The standard InChI is InChI=1S/C22H19F3N4O4/c1-33-15-7-8-17-16(11-15)14(12-26-17)9-10-29-19(31)21(22(23,24)25,28-20(29)32)27-18(30)13-5-3-2-4-6-13/h2-8,11-12,26H,9-10H2,1H3,(H,27,30)(H,28,32)/t21-/m1/s1. The maximum absolute atomic E-state index is 14.0. The molecule has 8 nitrogen and oxygen atoms in total. The van der Waals surface area contributed by atoms with Gasteiger partial charge >= 0.3 is 12.2 Å². The molecule has 1 aromatic heterocycles. The first-order valence-corrected chi connectivity index (χ1v) is 9.88. The summed E-state index contributed by atoms with van der Waals surface area (Å²) in [6.07, 6.45) is -3.53. The number of rotatable bonds is 6. The van der Waals surface area contributed by atoms with E-state index in [-0.39, 0.29) is 18.5 Å². The van der Waals surface area contributed by atoms with Gasteiger partial charge in [-0.2, -0.15) is 13.2 Å². The quantitative estimate of drug-likeness (QED) is 0.492. The van der Waals surface area contributed by atoms with Crippen molar-refractivity contribution in [1.82, 2.24) is 20.5 Å². The number of methoxy groups -OCH3 is 1. The number of carbonyl (C=O) groups excluding carboxylic acids is 3. The molecule has 0 radical (unpaired) electrons. The number of H-pyrrole nitrogens is 1. The van der Waals surface area contributed by atoms with Gasteiger partial charge in [-0.1, -0.05) is 18.2 Å². The van der Waals surface area contributed by atoms with E-state index in [9.17, 15) is 27.6 Å². The Labute approximate surface area is 185 Å². The number of ether oxygens (including phenoxy) is 1. The fourth-order valence-corrected chi connectivity index (χ4v) is 3.68. The van der Waals surface area contributed by atoms with Gasteiger partial charge in [-0.05, 0) is 42.3 Å². The van der Waals surface area contributed by atoms with Gasteiger partial charge in [0.2, 0.25) is 0 Å². The van der Waals surface area contributed by atoms with Gasteiger partial charge in [0.25, 0.3) is 17.5 Å². The third-order valence-corrected chi connectivity index (χ3v) is 5.45. The van der Waals surface area contributed by atoms with E-state index in [2.05, 4.69) is 4.98 Å². The van der Waals surface area contributed by atoms with E-state index in [1.54, 1.807) is 41.1 Å². The van der Waals surface area contributed by atoms with Gasteiger partial charge in [0.05, 0.1) is 7.11 Å². The zero-order valence-corrected chi connectivity index (χ0v) is 17.3. The number of alkyl halides is 3. The Kier molecular flexibility index (Phi) is 5.48. The van der Waals surface area contributed by atoms with Crippen LogP contribution in [0.15, 0.2) is 54.7 Å². The van der Waals surface area contributed by atoms with Crippen LogP contribution in [0.5, 0.6) is 5.75 Å². The molecule has 2 heterocycles. The van der Waals surface area contributed by atoms with Crippen molar-refractivity contribution in [2.45, 2.75) is 18.3 Å². The molecule has 1 saturated heterocycles. The predicted octanol–water partition coefficient (Wildman–Crippen LogP) is 2.96. The molecule has 0 bridgehead atoms. The molecule has 3 N–H and O–H groups in total. The Morgan fingerprint density at radius 2 is 1.88 bits per heavy atom. The van der Waals surface area contributed by atoms with E-state index in [1.165, 1.54) is 31.4 Å². The monoisotopic (exact) mass is 460 g/mol. The lowest BCUT2D eigenvalue weighted by atomic mass is 10.1. The second-order valence-electron chi connectivity index (χ2n) is 7.43. The number of hydrogen-bond acceptors (Lipinski definition) is 4. The third kappa shape index (κ3) is 3.86. The van der Waals surface area contributed by atoms with Gasteiger partial charge < -0.3 is 15.0 Å². The SMILES string of the molecule is COc1ccc2[nH]cc(CCN3C(=O)N[C@@](NC(=O)c4ccccc4)(C(F)(F)F)C3=O)c2c1. The van der Waals surface area contributed by atoms with E-state index in [0.717, 1.165) is 10.9 Å². The van der Waals surface area contributed by atoms with E-state index < -0.39 is 29.7 Å². The number of aromatic amines is 1. The van der Waals surface area contributed by atoms with E-state index >= 15 is 0 Å². The van der Waals surface area contributed by atoms with Gasteiger partial charge in [0, 0.05) is 29.2 Å². The molecule has 0 saturated carbocycles. The lowest BCUT2D eigenvalue weighted by molar-refractivity contribution is -0.200. The topological polar surface area (TPSA) is 104 Å². The molecule has 3 aromatic rings. The van der Waals surface area contributed by atoms with Crippen molar-refractivity contribution >= 4 is 28.7 Å². The highest BCUT2D eigenvalue weighted by molar-refractivity contribution is 6.10. The number of fused-ring (bicyclic) bond motifs is 1. The number of imide groups is 1. The Hall–Kier alpha value is -4.02. The first kappa shape index (κ1) is 22.2. The predicted molar refractivity (Wildman–Crippen MR) is 111 cm³/mol. The summed E-state index contributed by atoms with van der Waals surface area (Å²) in [4.78, 5) is 41.2. The molecular formula is C22H19F3N4O4. The van der Waals surface area contributed by atoms with Gasteiger partial charge in [-0.15, -0.1) is 0 Å².